The molecule has 0 amide bonds. The number of halogens is 1. The maximum atomic E-state index is 9.99. The van der Waals surface area contributed by atoms with E-state index < -0.39 is 0 Å². The average molecular weight is 572 g/mol. The van der Waals surface area contributed by atoms with Crippen molar-refractivity contribution >= 4 is 33.9 Å². The Morgan fingerprint density at radius 3 is 2.52 bits per heavy atom. The van der Waals surface area contributed by atoms with Crippen molar-refractivity contribution in [1.82, 2.24) is 21.0 Å². The zero-order valence-corrected chi connectivity index (χ0v) is 23.2. The molecule has 1 aliphatic heterocycles. The van der Waals surface area contributed by atoms with Gasteiger partial charge in [-0.3, -0.25) is 9.99 Å². The third-order valence-electron chi connectivity index (χ3n) is 7.38. The number of hydrogen-bond donors (Lipinski definition) is 4. The number of hydrazine groups is 2. The lowest BCUT2D eigenvalue weighted by atomic mass is 10.0. The van der Waals surface area contributed by atoms with Gasteiger partial charge in [-0.05, 0) is 48.2 Å². The molecule has 42 heavy (non-hydrogen) atoms. The molecular weight excluding hydrogens is 546 g/mol. The third-order valence-corrected chi connectivity index (χ3v) is 7.67. The Hall–Kier alpha value is -5.27. The predicted molar refractivity (Wildman–Crippen MR) is 161 cm³/mol. The molecule has 4 aromatic rings. The molecule has 0 bridgehead atoms. The van der Waals surface area contributed by atoms with Gasteiger partial charge in [-0.15, -0.1) is 5.53 Å². The number of fused-ring (bicyclic) bond motifs is 1. The Bertz CT molecular complexity index is 1800. The molecule has 10 heteroatoms. The standard InChI is InChI=1S/C32H26ClN9/c33-27-15-24(38-31(22-8-4-5-20(13-22)16-35)29-19-42(41-40-29)25-9-10-25)14-26-30(23(17-36)18-37-32(26)27)39-28(11-12-34)21-6-2-1-3-7-21/h1-8,13-15,18-19,25,28,31,38,40-41H,9-11H2,(H,37,39)/t28-,31?/m0/s1. The number of nitrogens with zero attached hydrogens (tertiary/aromatic N) is 5. The van der Waals surface area contributed by atoms with E-state index in [0.717, 1.165) is 29.7 Å². The highest BCUT2D eigenvalue weighted by molar-refractivity contribution is 6.35. The van der Waals surface area contributed by atoms with Gasteiger partial charge in [-0.25, -0.2) is 0 Å². The van der Waals surface area contributed by atoms with E-state index in [1.807, 2.05) is 60.8 Å². The fourth-order valence-electron chi connectivity index (χ4n) is 5.12. The van der Waals surface area contributed by atoms with E-state index in [2.05, 4.69) is 49.8 Å². The topological polar surface area (TPSA) is 136 Å². The molecule has 2 aliphatic rings. The predicted octanol–water partition coefficient (Wildman–Crippen LogP) is 6.18. The van der Waals surface area contributed by atoms with Gasteiger partial charge in [0.15, 0.2) is 0 Å². The summed E-state index contributed by atoms with van der Waals surface area (Å²) in [4.78, 5) is 4.49. The molecule has 9 nitrogen and oxygen atoms in total. The van der Waals surface area contributed by atoms with E-state index >= 15 is 0 Å². The van der Waals surface area contributed by atoms with Crippen LogP contribution < -0.4 is 21.6 Å². The summed E-state index contributed by atoms with van der Waals surface area (Å²) in [6, 6.07) is 27.3. The van der Waals surface area contributed by atoms with E-state index in [1.54, 1.807) is 12.1 Å². The third kappa shape index (κ3) is 5.50. The van der Waals surface area contributed by atoms with Crippen LogP contribution in [0.2, 0.25) is 5.02 Å². The summed E-state index contributed by atoms with van der Waals surface area (Å²) in [7, 11) is 0. The van der Waals surface area contributed by atoms with Crippen LogP contribution in [0.3, 0.4) is 0 Å². The highest BCUT2D eigenvalue weighted by Gasteiger charge is 2.32. The molecule has 0 spiro atoms. The van der Waals surface area contributed by atoms with Gasteiger partial charge in [-0.1, -0.05) is 54.1 Å². The fraction of sp³-hybridized carbons (Fsp3) is 0.188. The minimum atomic E-state index is -0.349. The van der Waals surface area contributed by atoms with Gasteiger partial charge in [-0.2, -0.15) is 15.8 Å². The fourth-order valence-corrected chi connectivity index (χ4v) is 5.39. The quantitative estimate of drug-likeness (QED) is 0.186. The second-order valence-corrected chi connectivity index (χ2v) is 10.7. The lowest BCUT2D eigenvalue weighted by Crippen LogP contribution is -2.38. The largest absolute Gasteiger partial charge is 0.376 e. The van der Waals surface area contributed by atoms with Crippen LogP contribution in [-0.2, 0) is 0 Å². The van der Waals surface area contributed by atoms with Crippen molar-refractivity contribution in [2.75, 3.05) is 10.6 Å². The highest BCUT2D eigenvalue weighted by Crippen LogP contribution is 2.38. The normalized spacial score (nSPS) is 15.5. The molecule has 0 saturated heterocycles. The molecule has 1 aliphatic carbocycles. The molecule has 2 atom stereocenters. The Morgan fingerprint density at radius 2 is 1.79 bits per heavy atom. The number of benzene rings is 3. The molecule has 1 fully saturated rings. The molecule has 206 valence electrons. The van der Waals surface area contributed by atoms with E-state index in [0.29, 0.717) is 44.5 Å². The van der Waals surface area contributed by atoms with Crippen molar-refractivity contribution in [1.29, 1.82) is 15.8 Å². The maximum Gasteiger partial charge on any atom is 0.103 e. The van der Waals surface area contributed by atoms with Crippen molar-refractivity contribution < 1.29 is 0 Å². The van der Waals surface area contributed by atoms with Crippen molar-refractivity contribution in [3.8, 4) is 18.2 Å². The first kappa shape index (κ1) is 26.9. The van der Waals surface area contributed by atoms with Gasteiger partial charge < -0.3 is 16.1 Å². The summed E-state index contributed by atoms with van der Waals surface area (Å²) in [5.74, 6) is 0. The molecule has 1 saturated carbocycles. The minimum absolute atomic E-state index is 0.200. The summed E-state index contributed by atoms with van der Waals surface area (Å²) in [6.45, 7) is 0. The summed E-state index contributed by atoms with van der Waals surface area (Å²) in [5, 5.41) is 39.3. The summed E-state index contributed by atoms with van der Waals surface area (Å²) >= 11 is 6.79. The Balaban J connectivity index is 1.43. The average Bonchev–Trinajstić information content (AvgIpc) is 3.76. The Kier molecular flexibility index (Phi) is 7.49. The van der Waals surface area contributed by atoms with Crippen molar-refractivity contribution in [3.63, 3.8) is 0 Å². The van der Waals surface area contributed by atoms with E-state index in [1.165, 1.54) is 6.20 Å². The minimum Gasteiger partial charge on any atom is -0.376 e. The highest BCUT2D eigenvalue weighted by atomic mass is 35.5. The lowest BCUT2D eigenvalue weighted by Gasteiger charge is -2.23. The summed E-state index contributed by atoms with van der Waals surface area (Å²) < 4.78 is 0. The zero-order valence-electron chi connectivity index (χ0n) is 22.5. The first-order valence-electron chi connectivity index (χ1n) is 13.6. The van der Waals surface area contributed by atoms with E-state index in [-0.39, 0.29) is 18.5 Å². The van der Waals surface area contributed by atoms with E-state index in [4.69, 9.17) is 11.6 Å². The van der Waals surface area contributed by atoms with Gasteiger partial charge >= 0.3 is 0 Å². The summed E-state index contributed by atoms with van der Waals surface area (Å²) in [5.41, 5.74) is 11.9. The van der Waals surface area contributed by atoms with Crippen LogP contribution in [0.4, 0.5) is 11.4 Å². The zero-order chi connectivity index (χ0) is 29.1. The SMILES string of the molecule is N#CC[C@H](Nc1c(C#N)cnc2c(Cl)cc(NC(C3=CN(C4CC4)NN3)c3cccc(C#N)c3)cc12)c1ccccc1. The van der Waals surface area contributed by atoms with Crippen molar-refractivity contribution in [2.24, 2.45) is 0 Å². The van der Waals surface area contributed by atoms with Crippen LogP contribution in [0, 0.1) is 34.0 Å². The lowest BCUT2D eigenvalue weighted by molar-refractivity contribution is 0.260. The van der Waals surface area contributed by atoms with Crippen LogP contribution in [0.5, 0.6) is 0 Å². The van der Waals surface area contributed by atoms with Gasteiger partial charge in [0.05, 0.1) is 63.7 Å². The molecule has 1 aromatic heterocycles. The van der Waals surface area contributed by atoms with Gasteiger partial charge in [0, 0.05) is 29.5 Å². The monoisotopic (exact) mass is 571 g/mol. The van der Waals surface area contributed by atoms with Gasteiger partial charge in [0.25, 0.3) is 0 Å². The Labute approximate surface area is 248 Å². The second-order valence-electron chi connectivity index (χ2n) is 10.3. The van der Waals surface area contributed by atoms with Crippen molar-refractivity contribution in [3.05, 3.63) is 112 Å². The number of hydrogen-bond acceptors (Lipinski definition) is 9. The van der Waals surface area contributed by atoms with Gasteiger partial charge in [0.1, 0.15) is 6.07 Å². The molecule has 0 radical (unpaired) electrons. The molecule has 4 N–H and O–H groups in total. The van der Waals surface area contributed by atoms with E-state index in [9.17, 15) is 15.8 Å². The second kappa shape index (κ2) is 11.7. The van der Waals surface area contributed by atoms with Crippen molar-refractivity contribution in [2.45, 2.75) is 37.4 Å². The van der Waals surface area contributed by atoms with Crippen LogP contribution >= 0.6 is 11.6 Å². The number of aromatic nitrogens is 1. The number of rotatable bonds is 9. The molecule has 1 unspecified atom stereocenters. The molecule has 2 heterocycles. The number of anilines is 2. The molecule has 6 rings (SSSR count). The van der Waals surface area contributed by atoms with Crippen LogP contribution in [0.1, 0.15) is 53.6 Å². The van der Waals surface area contributed by atoms with Gasteiger partial charge in [0.2, 0.25) is 0 Å². The number of nitriles is 3. The Morgan fingerprint density at radius 1 is 0.976 bits per heavy atom. The maximum absolute atomic E-state index is 9.99. The van der Waals surface area contributed by atoms with Crippen LogP contribution in [0.15, 0.2) is 84.8 Å². The van der Waals surface area contributed by atoms with Crippen LogP contribution in [0.25, 0.3) is 10.9 Å². The first-order chi connectivity index (χ1) is 20.6. The number of pyridine rings is 1. The first-order valence-corrected chi connectivity index (χ1v) is 13.9. The molecular formula is C32H26ClN9. The molecule has 3 aromatic carbocycles. The smallest absolute Gasteiger partial charge is 0.103 e. The summed E-state index contributed by atoms with van der Waals surface area (Å²) in [6.07, 6.45) is 6.00. The van der Waals surface area contributed by atoms with Crippen LogP contribution in [-0.4, -0.2) is 16.0 Å². The number of nitrogens with one attached hydrogen (secondary N) is 4.